The van der Waals surface area contributed by atoms with Gasteiger partial charge in [0.15, 0.2) is 0 Å². The topological polar surface area (TPSA) is 46.5 Å². The molecule has 30 heavy (non-hydrogen) atoms. The maximum absolute atomic E-state index is 12.1. The van der Waals surface area contributed by atoms with Gasteiger partial charge in [-0.1, -0.05) is 90.9 Å². The maximum Gasteiger partial charge on any atom is 0.335 e. The SMILES string of the molecule is C.C=CC(=O)Oc1c(Cc2cc(C)cc(C(C)(C)C)c2O)cc(C)cc1C(C)(C)C. The van der Waals surface area contributed by atoms with E-state index in [1.807, 2.05) is 32.0 Å². The number of rotatable bonds is 4. The van der Waals surface area contributed by atoms with Gasteiger partial charge in [-0.05, 0) is 41.4 Å². The van der Waals surface area contributed by atoms with Crippen molar-refractivity contribution < 1.29 is 14.6 Å². The van der Waals surface area contributed by atoms with E-state index < -0.39 is 5.97 Å². The number of carbonyl (C=O) groups is 1. The third-order valence-corrected chi connectivity index (χ3v) is 5.01. The van der Waals surface area contributed by atoms with Crippen LogP contribution in [-0.4, -0.2) is 11.1 Å². The summed E-state index contributed by atoms with van der Waals surface area (Å²) in [7, 11) is 0. The van der Waals surface area contributed by atoms with Crippen LogP contribution in [0.5, 0.6) is 11.5 Å². The fraction of sp³-hybridized carbons (Fsp3) is 0.444. The Kier molecular flexibility index (Phi) is 7.71. The van der Waals surface area contributed by atoms with E-state index in [1.165, 1.54) is 6.08 Å². The van der Waals surface area contributed by atoms with Gasteiger partial charge in [-0.25, -0.2) is 4.79 Å². The van der Waals surface area contributed by atoms with E-state index in [4.69, 9.17) is 4.74 Å². The molecular weight excluding hydrogens is 372 g/mol. The first kappa shape index (κ1) is 25.5. The summed E-state index contributed by atoms with van der Waals surface area (Å²) in [5.74, 6) is 0.388. The average Bonchev–Trinajstić information content (AvgIpc) is 2.57. The number of aromatic hydroxyl groups is 1. The van der Waals surface area contributed by atoms with E-state index >= 15 is 0 Å². The lowest BCUT2D eigenvalue weighted by Gasteiger charge is -2.26. The molecule has 0 heterocycles. The van der Waals surface area contributed by atoms with E-state index in [-0.39, 0.29) is 18.3 Å². The summed E-state index contributed by atoms with van der Waals surface area (Å²) in [5, 5.41) is 11.0. The van der Waals surface area contributed by atoms with Crippen molar-refractivity contribution in [2.24, 2.45) is 0 Å². The molecule has 0 saturated carbocycles. The predicted octanol–water partition coefficient (Wildman–Crippen LogP) is 6.92. The normalized spacial score (nSPS) is 11.6. The van der Waals surface area contributed by atoms with Crippen LogP contribution in [0.4, 0.5) is 0 Å². The van der Waals surface area contributed by atoms with Gasteiger partial charge in [0, 0.05) is 18.1 Å². The fourth-order valence-electron chi connectivity index (χ4n) is 3.56. The van der Waals surface area contributed by atoms with Gasteiger partial charge >= 0.3 is 5.97 Å². The summed E-state index contributed by atoms with van der Waals surface area (Å²) in [6, 6.07) is 8.13. The highest BCUT2D eigenvalue weighted by Gasteiger charge is 2.25. The second kappa shape index (κ2) is 9.07. The van der Waals surface area contributed by atoms with Crippen molar-refractivity contribution in [3.8, 4) is 11.5 Å². The van der Waals surface area contributed by atoms with Crippen LogP contribution >= 0.6 is 0 Å². The van der Waals surface area contributed by atoms with Crippen molar-refractivity contribution in [2.75, 3.05) is 0 Å². The molecule has 1 N–H and O–H groups in total. The van der Waals surface area contributed by atoms with Gasteiger partial charge < -0.3 is 9.84 Å². The highest BCUT2D eigenvalue weighted by Crippen LogP contribution is 2.40. The second-order valence-electron chi connectivity index (χ2n) is 9.92. The number of hydrogen-bond donors (Lipinski definition) is 1. The van der Waals surface area contributed by atoms with E-state index in [0.717, 1.165) is 33.4 Å². The molecule has 0 aliphatic carbocycles. The Morgan fingerprint density at radius 1 is 0.933 bits per heavy atom. The smallest absolute Gasteiger partial charge is 0.335 e. The largest absolute Gasteiger partial charge is 0.507 e. The molecule has 2 aromatic rings. The van der Waals surface area contributed by atoms with Crippen molar-refractivity contribution in [2.45, 2.75) is 80.1 Å². The van der Waals surface area contributed by atoms with Crippen LogP contribution in [0.1, 0.15) is 82.3 Å². The molecule has 2 aromatic carbocycles. The molecule has 164 valence electrons. The van der Waals surface area contributed by atoms with Crippen LogP contribution in [0, 0.1) is 13.8 Å². The number of esters is 1. The van der Waals surface area contributed by atoms with Gasteiger partial charge in [0.05, 0.1) is 0 Å². The summed E-state index contributed by atoms with van der Waals surface area (Å²) in [4.78, 5) is 12.1. The fourth-order valence-corrected chi connectivity index (χ4v) is 3.56. The number of carbonyl (C=O) groups excluding carboxylic acids is 1. The van der Waals surface area contributed by atoms with E-state index in [1.54, 1.807) is 0 Å². The monoisotopic (exact) mass is 410 g/mol. The van der Waals surface area contributed by atoms with Crippen LogP contribution in [0.15, 0.2) is 36.9 Å². The number of ether oxygens (including phenoxy) is 1. The Morgan fingerprint density at radius 2 is 1.40 bits per heavy atom. The van der Waals surface area contributed by atoms with Crippen molar-refractivity contribution >= 4 is 5.97 Å². The Bertz CT molecular complexity index is 938. The molecule has 3 heteroatoms. The average molecular weight is 411 g/mol. The van der Waals surface area contributed by atoms with Crippen molar-refractivity contribution in [3.05, 3.63) is 70.3 Å². The molecule has 0 aliphatic rings. The Balaban J connectivity index is 0.00000450. The van der Waals surface area contributed by atoms with Gasteiger partial charge in [-0.2, -0.15) is 0 Å². The van der Waals surface area contributed by atoms with Gasteiger partial charge in [0.2, 0.25) is 0 Å². The third kappa shape index (κ3) is 5.75. The number of phenolic OH excluding ortho intramolecular Hbond substituents is 1. The van der Waals surface area contributed by atoms with Crippen molar-refractivity contribution in [3.63, 3.8) is 0 Å². The summed E-state index contributed by atoms with van der Waals surface area (Å²) < 4.78 is 5.71. The molecule has 3 nitrogen and oxygen atoms in total. The minimum Gasteiger partial charge on any atom is -0.507 e. The zero-order valence-electron chi connectivity index (χ0n) is 19.1. The maximum atomic E-state index is 12.1. The molecule has 0 atom stereocenters. The van der Waals surface area contributed by atoms with Crippen LogP contribution < -0.4 is 4.74 Å². The molecule has 0 aliphatic heterocycles. The number of benzene rings is 2. The molecule has 2 rings (SSSR count). The van der Waals surface area contributed by atoms with Gasteiger partial charge in [-0.15, -0.1) is 0 Å². The van der Waals surface area contributed by atoms with Crippen LogP contribution in [-0.2, 0) is 22.0 Å². The molecule has 0 unspecified atom stereocenters. The van der Waals surface area contributed by atoms with Crippen LogP contribution in [0.25, 0.3) is 0 Å². The molecular formula is C27H38O3. The van der Waals surface area contributed by atoms with Crippen LogP contribution in [0.3, 0.4) is 0 Å². The van der Waals surface area contributed by atoms with E-state index in [2.05, 4.69) is 54.2 Å². The quantitative estimate of drug-likeness (QED) is 0.338. The third-order valence-electron chi connectivity index (χ3n) is 5.01. The predicted molar refractivity (Wildman–Crippen MR) is 127 cm³/mol. The number of aryl methyl sites for hydroxylation is 2. The zero-order chi connectivity index (χ0) is 22.1. The Labute approximate surface area is 182 Å². The number of phenols is 1. The lowest BCUT2D eigenvalue weighted by Crippen LogP contribution is -2.17. The Hall–Kier alpha value is -2.55. The van der Waals surface area contributed by atoms with Crippen LogP contribution in [0.2, 0.25) is 0 Å². The molecule has 0 bridgehead atoms. The number of hydrogen-bond acceptors (Lipinski definition) is 3. The molecule has 0 aromatic heterocycles. The summed E-state index contributed by atoms with van der Waals surface area (Å²) >= 11 is 0. The van der Waals surface area contributed by atoms with Crippen molar-refractivity contribution in [1.82, 2.24) is 0 Å². The summed E-state index contributed by atoms with van der Waals surface area (Å²) in [6.07, 6.45) is 1.65. The second-order valence-corrected chi connectivity index (χ2v) is 9.92. The van der Waals surface area contributed by atoms with E-state index in [9.17, 15) is 9.90 Å². The molecule has 0 radical (unpaired) electrons. The highest BCUT2D eigenvalue weighted by atomic mass is 16.5. The zero-order valence-corrected chi connectivity index (χ0v) is 19.1. The first-order chi connectivity index (χ1) is 13.2. The molecule has 0 saturated heterocycles. The lowest BCUT2D eigenvalue weighted by molar-refractivity contribution is -0.129. The minimum atomic E-state index is -0.482. The molecule has 0 spiro atoms. The lowest BCUT2D eigenvalue weighted by atomic mass is 9.81. The standard InChI is InChI=1S/C26H34O3.CH4/c1-10-22(27)29-24-19(12-17(3)14-21(24)26(7,8)9)15-18-11-16(2)13-20(23(18)28)25(4,5)6;/h10-14,28H,1,15H2,2-9H3;1H4. The van der Waals surface area contributed by atoms with Gasteiger partial charge in [0.25, 0.3) is 0 Å². The van der Waals surface area contributed by atoms with Gasteiger partial charge in [-0.3, -0.25) is 0 Å². The highest BCUT2D eigenvalue weighted by molar-refractivity contribution is 5.84. The molecule has 0 amide bonds. The summed E-state index contributed by atoms with van der Waals surface area (Å²) in [6.45, 7) is 20.2. The Morgan fingerprint density at radius 3 is 1.87 bits per heavy atom. The first-order valence-corrected chi connectivity index (χ1v) is 10.0. The summed E-state index contributed by atoms with van der Waals surface area (Å²) in [5.41, 5.74) is 5.39. The van der Waals surface area contributed by atoms with Gasteiger partial charge in [0.1, 0.15) is 11.5 Å². The van der Waals surface area contributed by atoms with Crippen molar-refractivity contribution in [1.29, 1.82) is 0 Å². The van der Waals surface area contributed by atoms with E-state index in [0.29, 0.717) is 17.9 Å². The minimum absolute atomic E-state index is 0. The first-order valence-electron chi connectivity index (χ1n) is 10.0. The molecule has 0 fully saturated rings.